The largest absolute Gasteiger partial charge is 0.489 e. The second-order valence-corrected chi connectivity index (χ2v) is 8.83. The van der Waals surface area contributed by atoms with Crippen molar-refractivity contribution in [2.75, 3.05) is 0 Å². The predicted octanol–water partition coefficient (Wildman–Crippen LogP) is 5.33. The van der Waals surface area contributed by atoms with Gasteiger partial charge in [-0.2, -0.15) is 0 Å². The zero-order valence-electron chi connectivity index (χ0n) is 19.0. The lowest BCUT2D eigenvalue weighted by Gasteiger charge is -2.36. The van der Waals surface area contributed by atoms with Crippen LogP contribution in [0.4, 0.5) is 0 Å². The average molecular weight is 456 g/mol. The van der Waals surface area contributed by atoms with Gasteiger partial charge < -0.3 is 19.2 Å². The maximum Gasteiger partial charge on any atom is 0.324 e. The Balaban J connectivity index is 1.50. The number of aromatic amines is 1. The van der Waals surface area contributed by atoms with E-state index in [0.717, 1.165) is 27.6 Å². The highest BCUT2D eigenvalue weighted by Gasteiger charge is 2.48. The van der Waals surface area contributed by atoms with E-state index >= 15 is 0 Å². The summed E-state index contributed by atoms with van der Waals surface area (Å²) in [6.07, 6.45) is 1.84. The number of rotatable bonds is 6. The molecule has 4 aromatic rings. The number of H-pyrrole nitrogens is 1. The van der Waals surface area contributed by atoms with Crippen molar-refractivity contribution in [3.05, 3.63) is 102 Å². The number of para-hydroxylation sites is 1. The maximum atomic E-state index is 13.0. The zero-order chi connectivity index (χ0) is 23.7. The lowest BCUT2D eigenvalue weighted by atomic mass is 9.80. The summed E-state index contributed by atoms with van der Waals surface area (Å²) in [5, 5.41) is 0.933. The molecule has 3 aromatic carbocycles. The monoisotopic (exact) mass is 455 g/mol. The molecule has 34 heavy (non-hydrogen) atoms. The van der Waals surface area contributed by atoms with Crippen molar-refractivity contribution < 1.29 is 23.8 Å². The minimum atomic E-state index is -1.29. The molecule has 0 amide bonds. The van der Waals surface area contributed by atoms with Gasteiger partial charge in [0.2, 0.25) is 0 Å². The van der Waals surface area contributed by atoms with E-state index in [4.69, 9.17) is 14.2 Å². The van der Waals surface area contributed by atoms with Gasteiger partial charge >= 0.3 is 11.9 Å². The second kappa shape index (κ2) is 8.71. The Kier molecular flexibility index (Phi) is 5.57. The topological polar surface area (TPSA) is 77.6 Å². The first-order chi connectivity index (χ1) is 16.4. The van der Waals surface area contributed by atoms with Gasteiger partial charge in [-0.15, -0.1) is 0 Å². The molecule has 2 heterocycles. The van der Waals surface area contributed by atoms with Gasteiger partial charge in [0, 0.05) is 36.9 Å². The molecular formula is C28H25NO5. The predicted molar refractivity (Wildman–Crippen MR) is 127 cm³/mol. The number of aromatic nitrogens is 1. The van der Waals surface area contributed by atoms with E-state index in [9.17, 15) is 9.59 Å². The van der Waals surface area contributed by atoms with Crippen LogP contribution in [0.5, 0.6) is 5.75 Å². The SMILES string of the molecule is CC1(C)OC(=O)C([C@@H](c2ccc(OCc3ccccc3)cc2)c2c[nH]c3ccccc23)C(=O)O1. The van der Waals surface area contributed by atoms with Crippen molar-refractivity contribution in [1.29, 1.82) is 0 Å². The lowest BCUT2D eigenvalue weighted by molar-refractivity contribution is -0.240. The molecule has 0 spiro atoms. The van der Waals surface area contributed by atoms with Crippen molar-refractivity contribution in [2.24, 2.45) is 5.92 Å². The standard InChI is InChI=1S/C28H25NO5/c1-28(2)33-26(30)25(27(31)34-28)24(22-16-29-23-11-7-6-10-21(22)23)19-12-14-20(15-13-19)32-17-18-8-4-3-5-9-18/h3-16,24-25,29H,17H2,1-2H3/t24-/m0/s1. The Morgan fingerprint density at radius 2 is 1.53 bits per heavy atom. The molecule has 1 fully saturated rings. The van der Waals surface area contributed by atoms with Gasteiger partial charge in [0.05, 0.1) is 0 Å². The zero-order valence-corrected chi connectivity index (χ0v) is 19.0. The van der Waals surface area contributed by atoms with Crippen LogP contribution in [0, 0.1) is 5.92 Å². The maximum absolute atomic E-state index is 13.0. The minimum absolute atomic E-state index is 0.447. The first-order valence-corrected chi connectivity index (χ1v) is 11.2. The Morgan fingerprint density at radius 1 is 0.882 bits per heavy atom. The number of hydrogen-bond acceptors (Lipinski definition) is 5. The van der Waals surface area contributed by atoms with Gasteiger partial charge in [0.25, 0.3) is 5.79 Å². The van der Waals surface area contributed by atoms with E-state index in [1.54, 1.807) is 13.8 Å². The molecule has 1 aromatic heterocycles. The van der Waals surface area contributed by atoms with Gasteiger partial charge in [-0.25, -0.2) is 0 Å². The van der Waals surface area contributed by atoms with Crippen LogP contribution >= 0.6 is 0 Å². The van der Waals surface area contributed by atoms with Crippen molar-refractivity contribution in [1.82, 2.24) is 4.98 Å². The number of ether oxygens (including phenoxy) is 3. The summed E-state index contributed by atoms with van der Waals surface area (Å²) in [4.78, 5) is 29.3. The first kappa shape index (κ1) is 21.8. The molecule has 1 aliphatic heterocycles. The average Bonchev–Trinajstić information content (AvgIpc) is 3.24. The quantitative estimate of drug-likeness (QED) is 0.314. The van der Waals surface area contributed by atoms with Crippen LogP contribution < -0.4 is 4.74 Å². The molecule has 6 nitrogen and oxygen atoms in total. The third kappa shape index (κ3) is 4.27. The fourth-order valence-corrected chi connectivity index (χ4v) is 4.42. The van der Waals surface area contributed by atoms with Crippen molar-refractivity contribution in [2.45, 2.75) is 32.2 Å². The van der Waals surface area contributed by atoms with E-state index in [1.807, 2.05) is 85.1 Å². The number of nitrogens with one attached hydrogen (secondary N) is 1. The number of esters is 2. The van der Waals surface area contributed by atoms with E-state index in [2.05, 4.69) is 4.98 Å². The van der Waals surface area contributed by atoms with Gasteiger partial charge in [-0.1, -0.05) is 60.7 Å². The Bertz CT molecular complexity index is 1300. The molecule has 6 heteroatoms. The molecule has 0 saturated carbocycles. The van der Waals surface area contributed by atoms with Crippen LogP contribution in [0.1, 0.15) is 36.5 Å². The fourth-order valence-electron chi connectivity index (χ4n) is 4.42. The highest BCUT2D eigenvalue weighted by atomic mass is 16.7. The van der Waals surface area contributed by atoms with E-state index in [-0.39, 0.29) is 0 Å². The molecule has 172 valence electrons. The molecule has 1 aliphatic rings. The highest BCUT2D eigenvalue weighted by Crippen LogP contribution is 2.41. The summed E-state index contributed by atoms with van der Waals surface area (Å²) in [5.74, 6) is -3.49. The molecule has 0 radical (unpaired) electrons. The number of carbonyl (C=O) groups excluding carboxylic acids is 2. The summed E-state index contributed by atoms with van der Waals surface area (Å²) >= 11 is 0. The highest BCUT2D eigenvalue weighted by molar-refractivity contribution is 5.99. The minimum Gasteiger partial charge on any atom is -0.489 e. The number of carbonyl (C=O) groups is 2. The summed E-state index contributed by atoms with van der Waals surface area (Å²) < 4.78 is 16.8. The summed E-state index contributed by atoms with van der Waals surface area (Å²) in [7, 11) is 0. The molecule has 0 aliphatic carbocycles. The summed E-state index contributed by atoms with van der Waals surface area (Å²) in [5.41, 5.74) is 3.60. The number of benzene rings is 3. The molecule has 1 saturated heterocycles. The van der Waals surface area contributed by atoms with Gasteiger partial charge in [-0.3, -0.25) is 9.59 Å². The molecule has 0 unspecified atom stereocenters. The van der Waals surface area contributed by atoms with Crippen LogP contribution in [0.15, 0.2) is 85.1 Å². The number of fused-ring (bicyclic) bond motifs is 1. The number of hydrogen-bond donors (Lipinski definition) is 1. The Hall–Kier alpha value is -4.06. The van der Waals surface area contributed by atoms with Crippen LogP contribution in [-0.2, 0) is 25.7 Å². The summed E-state index contributed by atoms with van der Waals surface area (Å²) in [6, 6.07) is 25.2. The van der Waals surface area contributed by atoms with Crippen LogP contribution in [0.25, 0.3) is 10.9 Å². The summed E-state index contributed by atoms with van der Waals surface area (Å²) in [6.45, 7) is 3.56. The van der Waals surface area contributed by atoms with Gasteiger partial charge in [0.1, 0.15) is 12.4 Å². The van der Waals surface area contributed by atoms with E-state index in [0.29, 0.717) is 12.4 Å². The Labute approximate surface area is 197 Å². The smallest absolute Gasteiger partial charge is 0.324 e. The third-order valence-electron chi connectivity index (χ3n) is 5.98. The van der Waals surface area contributed by atoms with Crippen LogP contribution in [-0.4, -0.2) is 22.7 Å². The third-order valence-corrected chi connectivity index (χ3v) is 5.98. The van der Waals surface area contributed by atoms with Crippen molar-refractivity contribution in [3.63, 3.8) is 0 Å². The van der Waals surface area contributed by atoms with Crippen molar-refractivity contribution in [3.8, 4) is 5.75 Å². The molecule has 0 bridgehead atoms. The van der Waals surface area contributed by atoms with Crippen LogP contribution in [0.3, 0.4) is 0 Å². The van der Waals surface area contributed by atoms with Crippen LogP contribution in [0.2, 0.25) is 0 Å². The lowest BCUT2D eigenvalue weighted by Crippen LogP contribution is -2.48. The normalized spacial score (nSPS) is 16.6. The molecular weight excluding hydrogens is 430 g/mol. The molecule has 5 rings (SSSR count). The molecule has 1 atom stereocenters. The molecule has 1 N–H and O–H groups in total. The Morgan fingerprint density at radius 3 is 2.24 bits per heavy atom. The van der Waals surface area contributed by atoms with Gasteiger partial charge in [-0.05, 0) is 34.9 Å². The second-order valence-electron chi connectivity index (χ2n) is 8.83. The number of cyclic esters (lactones) is 2. The van der Waals surface area contributed by atoms with Crippen molar-refractivity contribution >= 4 is 22.8 Å². The van der Waals surface area contributed by atoms with E-state index in [1.165, 1.54) is 0 Å². The fraction of sp³-hybridized carbons (Fsp3) is 0.214. The van der Waals surface area contributed by atoms with Gasteiger partial charge in [0.15, 0.2) is 5.92 Å². The first-order valence-electron chi connectivity index (χ1n) is 11.2. The van der Waals surface area contributed by atoms with E-state index < -0.39 is 29.6 Å².